The number of rotatable bonds is 5. The van der Waals surface area contributed by atoms with Gasteiger partial charge in [-0.25, -0.2) is 0 Å². The quantitative estimate of drug-likeness (QED) is 0.691. The molecule has 3 heterocycles. The molecule has 0 saturated carbocycles. The highest BCUT2D eigenvalue weighted by molar-refractivity contribution is 7.15. The summed E-state index contributed by atoms with van der Waals surface area (Å²) in [7, 11) is 2.07. The fraction of sp³-hybridized carbons (Fsp3) is 0.500. The number of likely N-dealkylation sites (tertiary alicyclic amines) is 1. The number of benzene rings is 1. The lowest BCUT2D eigenvalue weighted by Gasteiger charge is -2.35. The van der Waals surface area contributed by atoms with Crippen molar-refractivity contribution in [3.8, 4) is 0 Å². The van der Waals surface area contributed by atoms with Gasteiger partial charge in [-0.3, -0.25) is 14.4 Å². The number of amides is 3. The molecule has 0 radical (unpaired) electrons. The molecular formula is C22H27ClN6O3S. The molecule has 2 fully saturated rings. The number of aromatic nitrogens is 2. The Balaban J connectivity index is 1.26. The highest BCUT2D eigenvalue weighted by atomic mass is 35.5. The predicted octanol–water partition coefficient (Wildman–Crippen LogP) is 2.46. The number of halogens is 1. The molecule has 0 atom stereocenters. The van der Waals surface area contributed by atoms with E-state index in [9.17, 15) is 14.4 Å². The van der Waals surface area contributed by atoms with Crippen LogP contribution in [-0.2, 0) is 4.79 Å². The molecule has 2 saturated heterocycles. The standard InChI is InChI=1S/C22H27ClN6O3S/c1-27-10-12-28(13-11-27)18(30)14-15-6-8-29(9-7-15)22(32)21-26-25-20(33-21)19(31)24-17-4-2-16(23)3-5-17/h2-5,15H,6-14H2,1H3,(H,24,31). The lowest BCUT2D eigenvalue weighted by molar-refractivity contribution is -0.134. The normalized spacial score (nSPS) is 17.8. The van der Waals surface area contributed by atoms with Crippen LogP contribution in [0.3, 0.4) is 0 Å². The summed E-state index contributed by atoms with van der Waals surface area (Å²) in [6.45, 7) is 4.56. The van der Waals surface area contributed by atoms with Gasteiger partial charge < -0.3 is 20.0 Å². The van der Waals surface area contributed by atoms with Gasteiger partial charge in [0.05, 0.1) is 0 Å². The SMILES string of the molecule is CN1CCN(C(=O)CC2CCN(C(=O)c3nnc(C(=O)Nc4ccc(Cl)cc4)s3)CC2)CC1. The van der Waals surface area contributed by atoms with Gasteiger partial charge in [0, 0.05) is 56.4 Å². The van der Waals surface area contributed by atoms with E-state index in [0.29, 0.717) is 30.2 Å². The summed E-state index contributed by atoms with van der Waals surface area (Å²) in [5, 5.41) is 11.4. The number of nitrogens with zero attached hydrogens (tertiary/aromatic N) is 5. The molecule has 2 aliphatic heterocycles. The molecule has 9 nitrogen and oxygen atoms in total. The van der Waals surface area contributed by atoms with E-state index in [1.807, 2.05) is 4.90 Å². The van der Waals surface area contributed by atoms with Crippen LogP contribution in [0.15, 0.2) is 24.3 Å². The van der Waals surface area contributed by atoms with Gasteiger partial charge >= 0.3 is 0 Å². The number of hydrogen-bond acceptors (Lipinski definition) is 7. The largest absolute Gasteiger partial charge is 0.340 e. The van der Waals surface area contributed by atoms with Gasteiger partial charge in [-0.1, -0.05) is 22.9 Å². The van der Waals surface area contributed by atoms with Crippen LogP contribution >= 0.6 is 22.9 Å². The average Bonchev–Trinajstić information content (AvgIpc) is 3.31. The van der Waals surface area contributed by atoms with Crippen molar-refractivity contribution in [3.63, 3.8) is 0 Å². The van der Waals surface area contributed by atoms with E-state index in [0.717, 1.165) is 50.4 Å². The Labute approximate surface area is 201 Å². The Morgan fingerprint density at radius 3 is 2.27 bits per heavy atom. The number of carbonyl (C=O) groups is 3. The Morgan fingerprint density at radius 2 is 1.61 bits per heavy atom. The summed E-state index contributed by atoms with van der Waals surface area (Å²) < 4.78 is 0. The van der Waals surface area contributed by atoms with Crippen molar-refractivity contribution < 1.29 is 14.4 Å². The predicted molar refractivity (Wildman–Crippen MR) is 127 cm³/mol. The van der Waals surface area contributed by atoms with E-state index in [-0.39, 0.29) is 27.7 Å². The summed E-state index contributed by atoms with van der Waals surface area (Å²) >= 11 is 6.83. The zero-order chi connectivity index (χ0) is 23.4. The lowest BCUT2D eigenvalue weighted by atomic mass is 9.93. The van der Waals surface area contributed by atoms with Crippen molar-refractivity contribution in [2.24, 2.45) is 5.92 Å². The second kappa shape index (κ2) is 10.6. The Hall–Kier alpha value is -2.56. The first-order valence-electron chi connectivity index (χ1n) is 11.0. The van der Waals surface area contributed by atoms with Crippen LogP contribution in [0, 0.1) is 5.92 Å². The molecular weight excluding hydrogens is 464 g/mol. The Morgan fingerprint density at radius 1 is 0.970 bits per heavy atom. The topological polar surface area (TPSA) is 98.7 Å². The first-order valence-corrected chi connectivity index (χ1v) is 12.2. The Bertz CT molecular complexity index is 998. The second-order valence-electron chi connectivity index (χ2n) is 8.50. The fourth-order valence-electron chi connectivity index (χ4n) is 4.03. The van der Waals surface area contributed by atoms with E-state index in [1.165, 1.54) is 0 Å². The average molecular weight is 491 g/mol. The van der Waals surface area contributed by atoms with Gasteiger partial charge in [0.1, 0.15) is 0 Å². The number of piperazine rings is 1. The van der Waals surface area contributed by atoms with E-state index < -0.39 is 5.91 Å². The third-order valence-electron chi connectivity index (χ3n) is 6.13. The molecule has 33 heavy (non-hydrogen) atoms. The summed E-state index contributed by atoms with van der Waals surface area (Å²) in [4.78, 5) is 43.8. The highest BCUT2D eigenvalue weighted by Crippen LogP contribution is 2.24. The molecule has 2 aromatic rings. The van der Waals surface area contributed by atoms with Gasteiger partial charge in [0.2, 0.25) is 15.9 Å². The van der Waals surface area contributed by atoms with E-state index in [1.54, 1.807) is 29.2 Å². The van der Waals surface area contributed by atoms with Gasteiger partial charge in [-0.2, -0.15) is 0 Å². The third kappa shape index (κ3) is 6.07. The molecule has 0 aliphatic carbocycles. The molecule has 4 rings (SSSR count). The monoisotopic (exact) mass is 490 g/mol. The van der Waals surface area contributed by atoms with Crippen LogP contribution in [0.2, 0.25) is 5.02 Å². The van der Waals surface area contributed by atoms with Crippen LogP contribution in [0.5, 0.6) is 0 Å². The maximum Gasteiger partial charge on any atom is 0.286 e. The number of likely N-dealkylation sites (N-methyl/N-ethyl adjacent to an activating group) is 1. The van der Waals surface area contributed by atoms with Crippen molar-refractivity contribution in [2.75, 3.05) is 51.6 Å². The molecule has 3 amide bonds. The molecule has 0 bridgehead atoms. The van der Waals surface area contributed by atoms with Crippen molar-refractivity contribution in [1.29, 1.82) is 0 Å². The first-order chi connectivity index (χ1) is 15.9. The maximum absolute atomic E-state index is 12.8. The highest BCUT2D eigenvalue weighted by Gasteiger charge is 2.29. The number of piperidine rings is 1. The molecule has 11 heteroatoms. The van der Waals surface area contributed by atoms with Crippen LogP contribution < -0.4 is 5.32 Å². The van der Waals surface area contributed by atoms with Gasteiger partial charge in [0.15, 0.2) is 0 Å². The smallest absolute Gasteiger partial charge is 0.286 e. The second-order valence-corrected chi connectivity index (χ2v) is 9.91. The number of anilines is 1. The van der Waals surface area contributed by atoms with E-state index >= 15 is 0 Å². The number of nitrogens with one attached hydrogen (secondary N) is 1. The molecule has 0 spiro atoms. The Kier molecular flexibility index (Phi) is 7.56. The van der Waals surface area contributed by atoms with Crippen molar-refractivity contribution in [1.82, 2.24) is 24.9 Å². The molecule has 2 aliphatic rings. The summed E-state index contributed by atoms with van der Waals surface area (Å²) in [5.41, 5.74) is 0.584. The van der Waals surface area contributed by atoms with Crippen LogP contribution in [0.25, 0.3) is 0 Å². The zero-order valence-corrected chi connectivity index (χ0v) is 20.1. The number of carbonyl (C=O) groups excluding carboxylic acids is 3. The van der Waals surface area contributed by atoms with Gasteiger partial charge in [-0.15, -0.1) is 10.2 Å². The minimum atomic E-state index is -0.421. The zero-order valence-electron chi connectivity index (χ0n) is 18.5. The van der Waals surface area contributed by atoms with Gasteiger partial charge in [-0.05, 0) is 50.1 Å². The first kappa shape index (κ1) is 23.6. The molecule has 176 valence electrons. The van der Waals surface area contributed by atoms with E-state index in [4.69, 9.17) is 11.6 Å². The fourth-order valence-corrected chi connectivity index (χ4v) is 4.86. The minimum absolute atomic E-state index is 0.126. The summed E-state index contributed by atoms with van der Waals surface area (Å²) in [6.07, 6.45) is 2.11. The lowest BCUT2D eigenvalue weighted by Crippen LogP contribution is -2.48. The maximum atomic E-state index is 12.8. The minimum Gasteiger partial charge on any atom is -0.340 e. The van der Waals surface area contributed by atoms with Crippen molar-refractivity contribution >= 4 is 46.3 Å². The molecule has 1 aromatic carbocycles. The third-order valence-corrected chi connectivity index (χ3v) is 7.29. The summed E-state index contributed by atoms with van der Waals surface area (Å²) in [5.74, 6) is -0.137. The summed E-state index contributed by atoms with van der Waals surface area (Å²) in [6, 6.07) is 6.72. The van der Waals surface area contributed by atoms with Crippen LogP contribution in [-0.4, -0.2) is 88.9 Å². The number of hydrogen-bond donors (Lipinski definition) is 1. The van der Waals surface area contributed by atoms with Gasteiger partial charge in [0.25, 0.3) is 11.8 Å². The van der Waals surface area contributed by atoms with Crippen molar-refractivity contribution in [3.05, 3.63) is 39.3 Å². The van der Waals surface area contributed by atoms with E-state index in [2.05, 4.69) is 27.5 Å². The molecule has 1 N–H and O–H groups in total. The molecule has 0 unspecified atom stereocenters. The van der Waals surface area contributed by atoms with Crippen LogP contribution in [0.4, 0.5) is 5.69 Å². The molecule has 1 aromatic heterocycles. The van der Waals surface area contributed by atoms with Crippen LogP contribution in [0.1, 0.15) is 38.9 Å². The van der Waals surface area contributed by atoms with Crippen molar-refractivity contribution in [2.45, 2.75) is 19.3 Å².